The first kappa shape index (κ1) is 16.2. The molecular weight excluding hydrogens is 346 g/mol. The molecule has 0 aliphatic carbocycles. The van der Waals surface area contributed by atoms with Crippen molar-refractivity contribution >= 4 is 33.8 Å². The van der Waals surface area contributed by atoms with Crippen molar-refractivity contribution in [3.8, 4) is 5.75 Å². The molecule has 1 N–H and O–H groups in total. The van der Waals surface area contributed by atoms with Gasteiger partial charge in [-0.15, -0.1) is 0 Å². The SMILES string of the molecule is Cc1ccc(N=Cc2ccc(OCC(=O)O)c(Br)c2)cc1C. The number of nitrogens with zero attached hydrogens (tertiary/aromatic N) is 1. The maximum absolute atomic E-state index is 10.5. The molecule has 5 heteroatoms. The third-order valence-electron chi connectivity index (χ3n) is 3.16. The molecule has 0 aromatic heterocycles. The van der Waals surface area contributed by atoms with Crippen LogP contribution in [-0.4, -0.2) is 23.9 Å². The fourth-order valence-corrected chi connectivity index (χ4v) is 2.32. The van der Waals surface area contributed by atoms with Crippen molar-refractivity contribution in [3.63, 3.8) is 0 Å². The summed E-state index contributed by atoms with van der Waals surface area (Å²) in [6, 6.07) is 11.4. The summed E-state index contributed by atoms with van der Waals surface area (Å²) in [6.45, 7) is 3.75. The summed E-state index contributed by atoms with van der Waals surface area (Å²) in [7, 11) is 0. The van der Waals surface area contributed by atoms with Crippen LogP contribution in [0.4, 0.5) is 5.69 Å². The summed E-state index contributed by atoms with van der Waals surface area (Å²) in [5, 5.41) is 8.61. The fourth-order valence-electron chi connectivity index (χ4n) is 1.81. The second-order valence-electron chi connectivity index (χ2n) is 4.90. The second kappa shape index (κ2) is 7.22. The van der Waals surface area contributed by atoms with Gasteiger partial charge in [0.1, 0.15) is 5.75 Å². The number of carboxylic acids is 1. The van der Waals surface area contributed by atoms with Gasteiger partial charge in [0.25, 0.3) is 0 Å². The number of hydrogen-bond acceptors (Lipinski definition) is 3. The van der Waals surface area contributed by atoms with Crippen LogP contribution in [0, 0.1) is 13.8 Å². The zero-order valence-corrected chi connectivity index (χ0v) is 13.9. The van der Waals surface area contributed by atoms with Gasteiger partial charge in [-0.3, -0.25) is 4.99 Å². The van der Waals surface area contributed by atoms with Crippen molar-refractivity contribution in [3.05, 3.63) is 57.6 Å². The number of aliphatic imine (C=N–C) groups is 1. The first-order valence-corrected chi connectivity index (χ1v) is 7.50. The van der Waals surface area contributed by atoms with E-state index in [-0.39, 0.29) is 6.61 Å². The summed E-state index contributed by atoms with van der Waals surface area (Å²) >= 11 is 3.37. The van der Waals surface area contributed by atoms with Gasteiger partial charge >= 0.3 is 5.97 Å². The van der Waals surface area contributed by atoms with Crippen LogP contribution >= 0.6 is 15.9 Å². The van der Waals surface area contributed by atoms with Crippen molar-refractivity contribution in [2.75, 3.05) is 6.61 Å². The molecule has 2 aromatic carbocycles. The molecular formula is C17H16BrNO3. The Bertz CT molecular complexity index is 726. The number of aryl methyl sites for hydroxylation is 2. The molecule has 0 atom stereocenters. The molecule has 0 saturated carbocycles. The van der Waals surface area contributed by atoms with Crippen LogP contribution in [-0.2, 0) is 4.79 Å². The van der Waals surface area contributed by atoms with Gasteiger partial charge in [0.05, 0.1) is 10.2 Å². The Morgan fingerprint density at radius 1 is 1.23 bits per heavy atom. The van der Waals surface area contributed by atoms with Crippen LogP contribution in [0.5, 0.6) is 5.75 Å². The first-order chi connectivity index (χ1) is 10.5. The highest BCUT2D eigenvalue weighted by Crippen LogP contribution is 2.26. The zero-order chi connectivity index (χ0) is 16.1. The van der Waals surface area contributed by atoms with E-state index in [4.69, 9.17) is 9.84 Å². The second-order valence-corrected chi connectivity index (χ2v) is 5.75. The summed E-state index contributed by atoms with van der Waals surface area (Å²) < 4.78 is 5.85. The molecule has 22 heavy (non-hydrogen) atoms. The Morgan fingerprint density at radius 2 is 2.00 bits per heavy atom. The van der Waals surface area contributed by atoms with Gasteiger partial charge in [0.2, 0.25) is 0 Å². The molecule has 4 nitrogen and oxygen atoms in total. The molecule has 114 valence electrons. The lowest BCUT2D eigenvalue weighted by molar-refractivity contribution is -0.139. The average molecular weight is 362 g/mol. The van der Waals surface area contributed by atoms with Crippen LogP contribution in [0.1, 0.15) is 16.7 Å². The molecule has 2 aromatic rings. The molecule has 0 fully saturated rings. The lowest BCUT2D eigenvalue weighted by atomic mass is 10.1. The van der Waals surface area contributed by atoms with Crippen molar-refractivity contribution in [2.45, 2.75) is 13.8 Å². The summed E-state index contributed by atoms with van der Waals surface area (Å²) in [5.74, 6) is -0.516. The number of carboxylic acid groups (broad SMARTS) is 1. The number of benzene rings is 2. The van der Waals surface area contributed by atoms with Crippen LogP contribution in [0.3, 0.4) is 0 Å². The van der Waals surface area contributed by atoms with Crippen LogP contribution in [0.15, 0.2) is 45.9 Å². The monoisotopic (exact) mass is 361 g/mol. The lowest BCUT2D eigenvalue weighted by Crippen LogP contribution is -2.09. The van der Waals surface area contributed by atoms with Crippen LogP contribution in [0.25, 0.3) is 0 Å². The van der Waals surface area contributed by atoms with Crippen molar-refractivity contribution < 1.29 is 14.6 Å². The third-order valence-corrected chi connectivity index (χ3v) is 3.78. The van der Waals surface area contributed by atoms with Crippen LogP contribution < -0.4 is 4.74 Å². The minimum absolute atomic E-state index is 0.366. The number of halogens is 1. The highest BCUT2D eigenvalue weighted by molar-refractivity contribution is 9.10. The van der Waals surface area contributed by atoms with E-state index in [1.807, 2.05) is 30.3 Å². The number of aliphatic carboxylic acids is 1. The summed E-state index contributed by atoms with van der Waals surface area (Å²) in [4.78, 5) is 14.9. The van der Waals surface area contributed by atoms with E-state index >= 15 is 0 Å². The van der Waals surface area contributed by atoms with Gasteiger partial charge in [-0.05, 0) is 76.8 Å². The smallest absolute Gasteiger partial charge is 0.341 e. The van der Waals surface area contributed by atoms with Gasteiger partial charge in [0, 0.05) is 6.21 Å². The number of carbonyl (C=O) groups is 1. The Morgan fingerprint density at radius 3 is 2.64 bits per heavy atom. The van der Waals surface area contributed by atoms with Crippen molar-refractivity contribution in [2.24, 2.45) is 4.99 Å². The highest BCUT2D eigenvalue weighted by Gasteiger charge is 2.04. The molecule has 0 radical (unpaired) electrons. The number of rotatable bonds is 5. The normalized spacial score (nSPS) is 10.9. The van der Waals surface area contributed by atoms with Crippen LogP contribution in [0.2, 0.25) is 0 Å². The number of ether oxygens (including phenoxy) is 1. The topological polar surface area (TPSA) is 58.9 Å². The van der Waals surface area contributed by atoms with E-state index in [1.54, 1.807) is 12.3 Å². The van der Waals surface area contributed by atoms with E-state index in [0.29, 0.717) is 10.2 Å². The molecule has 0 unspecified atom stereocenters. The molecule has 0 aliphatic rings. The summed E-state index contributed by atoms with van der Waals surface area (Å²) in [6.07, 6.45) is 1.76. The minimum Gasteiger partial charge on any atom is -0.481 e. The quantitative estimate of drug-likeness (QED) is 0.808. The van der Waals surface area contributed by atoms with Gasteiger partial charge in [-0.25, -0.2) is 4.79 Å². The largest absolute Gasteiger partial charge is 0.481 e. The van der Waals surface area contributed by atoms with Crippen molar-refractivity contribution in [1.29, 1.82) is 0 Å². The molecule has 0 amide bonds. The van der Waals surface area contributed by atoms with E-state index in [2.05, 4.69) is 34.8 Å². The molecule has 0 spiro atoms. The number of hydrogen-bond donors (Lipinski definition) is 1. The molecule has 0 heterocycles. The van der Waals surface area contributed by atoms with E-state index < -0.39 is 5.97 Å². The average Bonchev–Trinajstić information content (AvgIpc) is 2.47. The predicted molar refractivity (Wildman–Crippen MR) is 90.4 cm³/mol. The molecule has 0 aliphatic heterocycles. The first-order valence-electron chi connectivity index (χ1n) is 6.71. The zero-order valence-electron chi connectivity index (χ0n) is 12.3. The summed E-state index contributed by atoms with van der Waals surface area (Å²) in [5.41, 5.74) is 4.23. The Kier molecular flexibility index (Phi) is 5.33. The van der Waals surface area contributed by atoms with E-state index in [0.717, 1.165) is 11.3 Å². The molecule has 0 saturated heterocycles. The Labute approximate surface area is 137 Å². The highest BCUT2D eigenvalue weighted by atomic mass is 79.9. The van der Waals surface area contributed by atoms with Gasteiger partial charge in [-0.2, -0.15) is 0 Å². The van der Waals surface area contributed by atoms with Gasteiger partial charge in [0.15, 0.2) is 6.61 Å². The van der Waals surface area contributed by atoms with Crippen molar-refractivity contribution in [1.82, 2.24) is 0 Å². The Balaban J connectivity index is 2.12. The van der Waals surface area contributed by atoms with E-state index in [9.17, 15) is 4.79 Å². The maximum Gasteiger partial charge on any atom is 0.341 e. The third kappa shape index (κ3) is 4.43. The maximum atomic E-state index is 10.5. The lowest BCUT2D eigenvalue weighted by Gasteiger charge is -2.06. The van der Waals surface area contributed by atoms with Gasteiger partial charge in [-0.1, -0.05) is 6.07 Å². The standard InChI is InChI=1S/C17H16BrNO3/c1-11-3-5-14(7-12(11)2)19-9-13-4-6-16(15(18)8-13)22-10-17(20)21/h3-9H,10H2,1-2H3,(H,20,21). The molecule has 0 bridgehead atoms. The van der Waals surface area contributed by atoms with Gasteiger partial charge < -0.3 is 9.84 Å². The minimum atomic E-state index is -1.01. The van der Waals surface area contributed by atoms with E-state index in [1.165, 1.54) is 11.1 Å². The predicted octanol–water partition coefficient (Wildman–Crippen LogP) is 4.28. The fraction of sp³-hybridized carbons (Fsp3) is 0.176. The Hall–Kier alpha value is -2.14. The molecule has 2 rings (SSSR count).